The number of aromatic amines is 1. The number of benzene rings is 1. The zero-order chi connectivity index (χ0) is 11.5. The topological polar surface area (TPSA) is 89.8 Å². The molecule has 2 N–H and O–H groups in total. The first-order valence-corrected chi connectivity index (χ1v) is 4.49. The molecular weight excluding hydrogens is 206 g/mol. The van der Waals surface area contributed by atoms with Gasteiger partial charge in [-0.2, -0.15) is 10.4 Å². The van der Waals surface area contributed by atoms with E-state index < -0.39 is 5.97 Å². The number of carboxylic acids is 1. The van der Waals surface area contributed by atoms with E-state index in [1.165, 1.54) is 6.08 Å². The van der Waals surface area contributed by atoms with Gasteiger partial charge in [-0.25, -0.2) is 4.79 Å². The Labute approximate surface area is 90.6 Å². The largest absolute Gasteiger partial charge is 0.477 e. The maximum Gasteiger partial charge on any atom is 0.346 e. The first-order chi connectivity index (χ1) is 7.70. The summed E-state index contributed by atoms with van der Waals surface area (Å²) in [6.07, 6.45) is 2.97. The standard InChI is InChI=1S/C11H7N3O2/c12-5-8(11(15)16)3-7-1-2-10-9(4-7)6-13-14-10/h1-4,6H,(H,13,14)(H,15,16)/b8-3+. The van der Waals surface area contributed by atoms with Crippen molar-refractivity contribution in [2.45, 2.75) is 0 Å². The average molecular weight is 213 g/mol. The maximum atomic E-state index is 10.6. The van der Waals surface area contributed by atoms with Crippen molar-refractivity contribution in [3.05, 3.63) is 35.5 Å². The lowest BCUT2D eigenvalue weighted by Gasteiger charge is -1.94. The van der Waals surface area contributed by atoms with E-state index in [-0.39, 0.29) is 5.57 Å². The molecule has 78 valence electrons. The minimum atomic E-state index is -1.23. The molecule has 2 aromatic rings. The van der Waals surface area contributed by atoms with Gasteiger partial charge in [-0.05, 0) is 23.8 Å². The van der Waals surface area contributed by atoms with Gasteiger partial charge in [-0.15, -0.1) is 0 Å². The Kier molecular flexibility index (Phi) is 2.40. The number of nitrogens with one attached hydrogen (secondary N) is 1. The van der Waals surface area contributed by atoms with Crippen LogP contribution >= 0.6 is 0 Å². The number of H-pyrrole nitrogens is 1. The van der Waals surface area contributed by atoms with Gasteiger partial charge in [0.1, 0.15) is 11.6 Å². The zero-order valence-corrected chi connectivity index (χ0v) is 8.14. The smallest absolute Gasteiger partial charge is 0.346 e. The van der Waals surface area contributed by atoms with Gasteiger partial charge in [-0.1, -0.05) is 6.07 Å². The van der Waals surface area contributed by atoms with Crippen molar-refractivity contribution < 1.29 is 9.90 Å². The minimum absolute atomic E-state index is 0.289. The summed E-state index contributed by atoms with van der Waals surface area (Å²) >= 11 is 0. The lowest BCUT2D eigenvalue weighted by Crippen LogP contribution is -1.97. The summed E-state index contributed by atoms with van der Waals surface area (Å²) in [7, 11) is 0. The van der Waals surface area contributed by atoms with Crippen LogP contribution in [0.1, 0.15) is 5.56 Å². The summed E-state index contributed by atoms with van der Waals surface area (Å²) in [4.78, 5) is 10.6. The second kappa shape index (κ2) is 3.87. The first-order valence-electron chi connectivity index (χ1n) is 4.49. The first kappa shape index (κ1) is 9.93. The Morgan fingerprint density at radius 2 is 2.38 bits per heavy atom. The molecular formula is C11H7N3O2. The van der Waals surface area contributed by atoms with Crippen molar-refractivity contribution in [1.29, 1.82) is 5.26 Å². The summed E-state index contributed by atoms with van der Waals surface area (Å²) in [5.74, 6) is -1.23. The predicted octanol–water partition coefficient (Wildman–Crippen LogP) is 1.55. The quantitative estimate of drug-likeness (QED) is 0.585. The van der Waals surface area contributed by atoms with Crippen LogP contribution in [0.4, 0.5) is 0 Å². The Bertz CT molecular complexity index is 619. The molecule has 0 unspecified atom stereocenters. The van der Waals surface area contributed by atoms with Crippen LogP contribution in [0.25, 0.3) is 17.0 Å². The van der Waals surface area contributed by atoms with E-state index in [1.807, 2.05) is 0 Å². The van der Waals surface area contributed by atoms with Crippen LogP contribution < -0.4 is 0 Å². The third kappa shape index (κ3) is 1.77. The molecule has 0 aliphatic heterocycles. The van der Waals surface area contributed by atoms with Crippen LogP contribution in [-0.2, 0) is 4.79 Å². The molecule has 1 aromatic heterocycles. The van der Waals surface area contributed by atoms with Crippen LogP contribution in [0, 0.1) is 11.3 Å². The van der Waals surface area contributed by atoms with Gasteiger partial charge < -0.3 is 5.11 Å². The van der Waals surface area contributed by atoms with E-state index >= 15 is 0 Å². The van der Waals surface area contributed by atoms with Crippen molar-refractivity contribution in [3.63, 3.8) is 0 Å². The van der Waals surface area contributed by atoms with Gasteiger partial charge in [0.2, 0.25) is 0 Å². The van der Waals surface area contributed by atoms with Crippen molar-refractivity contribution >= 4 is 22.9 Å². The SMILES string of the molecule is N#C/C(=C\c1ccc2[nH]ncc2c1)C(=O)O. The average Bonchev–Trinajstić information content (AvgIpc) is 2.72. The van der Waals surface area contributed by atoms with E-state index in [1.54, 1.807) is 30.5 Å². The Morgan fingerprint density at radius 3 is 3.06 bits per heavy atom. The normalized spacial score (nSPS) is 11.3. The molecule has 1 aromatic carbocycles. The molecule has 5 nitrogen and oxygen atoms in total. The minimum Gasteiger partial charge on any atom is -0.477 e. The molecule has 5 heteroatoms. The Morgan fingerprint density at radius 1 is 1.56 bits per heavy atom. The monoisotopic (exact) mass is 213 g/mol. The Balaban J connectivity index is 2.48. The molecule has 0 fully saturated rings. The molecule has 0 bridgehead atoms. The highest BCUT2D eigenvalue weighted by Crippen LogP contribution is 2.15. The number of hydrogen-bond donors (Lipinski definition) is 2. The number of hydrogen-bond acceptors (Lipinski definition) is 3. The zero-order valence-electron chi connectivity index (χ0n) is 8.14. The number of aromatic nitrogens is 2. The number of rotatable bonds is 2. The maximum absolute atomic E-state index is 10.6. The molecule has 0 radical (unpaired) electrons. The Hall–Kier alpha value is -2.61. The molecule has 0 spiro atoms. The fourth-order valence-corrected chi connectivity index (χ4v) is 1.36. The second-order valence-corrected chi connectivity index (χ2v) is 3.19. The lowest BCUT2D eigenvalue weighted by atomic mass is 10.1. The highest BCUT2D eigenvalue weighted by atomic mass is 16.4. The fraction of sp³-hybridized carbons (Fsp3) is 0. The summed E-state index contributed by atoms with van der Waals surface area (Å²) in [6.45, 7) is 0. The molecule has 0 amide bonds. The molecule has 0 aliphatic rings. The fourth-order valence-electron chi connectivity index (χ4n) is 1.36. The molecule has 2 rings (SSSR count). The number of carboxylic acid groups (broad SMARTS) is 1. The highest BCUT2D eigenvalue weighted by molar-refractivity contribution is 5.97. The van der Waals surface area contributed by atoms with Crippen LogP contribution in [0.15, 0.2) is 30.0 Å². The second-order valence-electron chi connectivity index (χ2n) is 3.19. The third-order valence-corrected chi connectivity index (χ3v) is 2.13. The number of fused-ring (bicyclic) bond motifs is 1. The highest BCUT2D eigenvalue weighted by Gasteiger charge is 2.05. The molecule has 0 aliphatic carbocycles. The number of aliphatic carboxylic acids is 1. The van der Waals surface area contributed by atoms with Gasteiger partial charge in [0.05, 0.1) is 11.7 Å². The number of nitriles is 1. The lowest BCUT2D eigenvalue weighted by molar-refractivity contribution is -0.132. The summed E-state index contributed by atoms with van der Waals surface area (Å²) in [6, 6.07) is 6.90. The van der Waals surface area contributed by atoms with Crippen LogP contribution in [-0.4, -0.2) is 21.3 Å². The van der Waals surface area contributed by atoms with E-state index in [4.69, 9.17) is 10.4 Å². The van der Waals surface area contributed by atoms with Gasteiger partial charge in [0.15, 0.2) is 0 Å². The molecule has 0 atom stereocenters. The van der Waals surface area contributed by atoms with Crippen molar-refractivity contribution in [1.82, 2.24) is 10.2 Å². The van der Waals surface area contributed by atoms with Crippen molar-refractivity contribution in [2.24, 2.45) is 0 Å². The summed E-state index contributed by atoms with van der Waals surface area (Å²) < 4.78 is 0. The van der Waals surface area contributed by atoms with Crippen LogP contribution in [0.3, 0.4) is 0 Å². The molecule has 0 saturated carbocycles. The summed E-state index contributed by atoms with van der Waals surface area (Å²) in [5, 5.41) is 24.8. The van der Waals surface area contributed by atoms with Crippen LogP contribution in [0.5, 0.6) is 0 Å². The summed E-state index contributed by atoms with van der Waals surface area (Å²) in [5.41, 5.74) is 1.24. The van der Waals surface area contributed by atoms with Crippen molar-refractivity contribution in [3.8, 4) is 6.07 Å². The molecule has 16 heavy (non-hydrogen) atoms. The van der Waals surface area contributed by atoms with E-state index in [0.29, 0.717) is 5.56 Å². The number of nitrogens with zero attached hydrogens (tertiary/aromatic N) is 2. The number of carbonyl (C=O) groups is 1. The predicted molar refractivity (Wildman–Crippen MR) is 57.3 cm³/mol. The van der Waals surface area contributed by atoms with E-state index in [0.717, 1.165) is 10.9 Å². The van der Waals surface area contributed by atoms with Gasteiger partial charge in [-0.3, -0.25) is 5.10 Å². The van der Waals surface area contributed by atoms with Crippen molar-refractivity contribution in [2.75, 3.05) is 0 Å². The molecule has 0 saturated heterocycles. The third-order valence-electron chi connectivity index (χ3n) is 2.13. The van der Waals surface area contributed by atoms with Gasteiger partial charge in [0.25, 0.3) is 0 Å². The van der Waals surface area contributed by atoms with Gasteiger partial charge >= 0.3 is 5.97 Å². The van der Waals surface area contributed by atoms with Gasteiger partial charge in [0, 0.05) is 5.39 Å². The van der Waals surface area contributed by atoms with Crippen LogP contribution in [0.2, 0.25) is 0 Å². The molecule has 1 heterocycles. The van der Waals surface area contributed by atoms with E-state index in [2.05, 4.69) is 10.2 Å². The van der Waals surface area contributed by atoms with E-state index in [9.17, 15) is 4.79 Å².